The summed E-state index contributed by atoms with van der Waals surface area (Å²) >= 11 is 1.53. The molecule has 0 aliphatic heterocycles. The lowest BCUT2D eigenvalue weighted by molar-refractivity contribution is 0.581. The maximum absolute atomic E-state index is 12.3. The Balaban J connectivity index is 2.25. The number of sulfonamides is 1. The van der Waals surface area contributed by atoms with Gasteiger partial charge in [-0.3, -0.25) is 0 Å². The minimum absolute atomic E-state index is 0.177. The number of rotatable bonds is 4. The molecule has 0 saturated heterocycles. The molecule has 104 valence electrons. The summed E-state index contributed by atoms with van der Waals surface area (Å²) in [4.78, 5) is 0.177. The van der Waals surface area contributed by atoms with Crippen LogP contribution in [0.25, 0.3) is 0 Å². The van der Waals surface area contributed by atoms with Crippen molar-refractivity contribution in [2.24, 2.45) is 5.73 Å². The van der Waals surface area contributed by atoms with E-state index in [-0.39, 0.29) is 18.0 Å². The maximum Gasteiger partial charge on any atom is 0.242 e. The highest BCUT2D eigenvalue weighted by atomic mass is 32.2. The first-order chi connectivity index (χ1) is 9.63. The molecule has 0 radical (unpaired) electrons. The van der Waals surface area contributed by atoms with Crippen LogP contribution in [-0.2, 0) is 16.6 Å². The third-order valence-electron chi connectivity index (χ3n) is 2.55. The Hall–Kier alpha value is -1.65. The zero-order chi connectivity index (χ0) is 14.4. The predicted molar refractivity (Wildman–Crippen MR) is 80.7 cm³/mol. The topological polar surface area (TPSA) is 72.2 Å². The molecule has 3 N–H and O–H groups in total. The molecular formula is C14H14N2O2S2. The average molecular weight is 306 g/mol. The summed E-state index contributed by atoms with van der Waals surface area (Å²) in [7, 11) is -3.59. The normalized spacial score (nSPS) is 10.8. The molecular weight excluding hydrogens is 292 g/mol. The van der Waals surface area contributed by atoms with E-state index in [0.717, 1.165) is 5.56 Å². The molecule has 0 spiro atoms. The number of nitrogens with two attached hydrogens (primary N) is 1. The molecule has 6 heteroatoms. The molecule has 0 aliphatic carbocycles. The molecule has 1 aromatic heterocycles. The van der Waals surface area contributed by atoms with E-state index in [1.54, 1.807) is 18.2 Å². The van der Waals surface area contributed by atoms with E-state index in [1.165, 1.54) is 17.4 Å². The number of benzene rings is 1. The van der Waals surface area contributed by atoms with Crippen LogP contribution in [-0.4, -0.2) is 15.0 Å². The van der Waals surface area contributed by atoms with E-state index < -0.39 is 10.0 Å². The van der Waals surface area contributed by atoms with Gasteiger partial charge in [-0.05, 0) is 34.5 Å². The largest absolute Gasteiger partial charge is 0.320 e. The van der Waals surface area contributed by atoms with Gasteiger partial charge in [0.1, 0.15) is 0 Å². The van der Waals surface area contributed by atoms with Gasteiger partial charge in [-0.15, -0.1) is 0 Å². The third kappa shape index (κ3) is 3.68. The molecule has 1 heterocycles. The van der Waals surface area contributed by atoms with E-state index in [4.69, 9.17) is 5.73 Å². The number of thiophene rings is 1. The SMILES string of the molecule is NCC#Cc1ccccc1S(=O)(=O)NCc1ccsc1. The molecule has 2 aromatic rings. The smallest absolute Gasteiger partial charge is 0.242 e. The molecule has 0 saturated carbocycles. The lowest BCUT2D eigenvalue weighted by atomic mass is 10.2. The molecule has 0 atom stereocenters. The second-order valence-electron chi connectivity index (χ2n) is 3.96. The van der Waals surface area contributed by atoms with Crippen LogP contribution >= 0.6 is 11.3 Å². The molecule has 4 nitrogen and oxygen atoms in total. The highest BCUT2D eigenvalue weighted by Crippen LogP contribution is 2.15. The van der Waals surface area contributed by atoms with E-state index in [9.17, 15) is 8.42 Å². The molecule has 0 fully saturated rings. The van der Waals surface area contributed by atoms with Crippen LogP contribution in [0.1, 0.15) is 11.1 Å². The lowest BCUT2D eigenvalue weighted by Crippen LogP contribution is -2.23. The molecule has 20 heavy (non-hydrogen) atoms. The van der Waals surface area contributed by atoms with Crippen LogP contribution in [0.5, 0.6) is 0 Å². The third-order valence-corrected chi connectivity index (χ3v) is 4.74. The summed E-state index contributed by atoms with van der Waals surface area (Å²) in [6.07, 6.45) is 0. The van der Waals surface area contributed by atoms with Crippen molar-refractivity contribution >= 4 is 21.4 Å². The first-order valence-electron chi connectivity index (χ1n) is 5.92. The van der Waals surface area contributed by atoms with E-state index in [1.807, 2.05) is 16.8 Å². The molecule has 0 bridgehead atoms. The Morgan fingerprint density at radius 2 is 2.05 bits per heavy atom. The first-order valence-corrected chi connectivity index (χ1v) is 8.35. The standard InChI is InChI=1S/C14H14N2O2S2/c15-8-3-5-13-4-1-2-6-14(13)20(17,18)16-10-12-7-9-19-11-12/h1-2,4,6-7,9,11,16H,8,10,15H2. The van der Waals surface area contributed by atoms with Crippen molar-refractivity contribution in [3.05, 3.63) is 52.2 Å². The maximum atomic E-state index is 12.3. The Morgan fingerprint density at radius 1 is 1.25 bits per heavy atom. The van der Waals surface area contributed by atoms with Crippen LogP contribution in [0.2, 0.25) is 0 Å². The molecule has 0 amide bonds. The lowest BCUT2D eigenvalue weighted by Gasteiger charge is -2.07. The van der Waals surface area contributed by atoms with E-state index in [0.29, 0.717) is 5.56 Å². The zero-order valence-electron chi connectivity index (χ0n) is 10.7. The molecule has 2 rings (SSSR count). The highest BCUT2D eigenvalue weighted by Gasteiger charge is 2.16. The second kappa shape index (κ2) is 6.68. The average Bonchev–Trinajstić information content (AvgIpc) is 2.97. The fourth-order valence-corrected chi connectivity index (χ4v) is 3.45. The Labute approximate surface area is 122 Å². The van der Waals surface area contributed by atoms with Gasteiger partial charge in [-0.25, -0.2) is 13.1 Å². The van der Waals surface area contributed by atoms with Crippen molar-refractivity contribution in [1.29, 1.82) is 0 Å². The second-order valence-corrected chi connectivity index (χ2v) is 6.47. The van der Waals surface area contributed by atoms with E-state index in [2.05, 4.69) is 16.6 Å². The summed E-state index contributed by atoms with van der Waals surface area (Å²) in [5.41, 5.74) is 6.71. The molecule has 1 aromatic carbocycles. The van der Waals surface area contributed by atoms with Gasteiger partial charge in [0.2, 0.25) is 10.0 Å². The fourth-order valence-electron chi connectivity index (χ4n) is 1.60. The number of hydrogen-bond donors (Lipinski definition) is 2. The monoisotopic (exact) mass is 306 g/mol. The van der Waals surface area contributed by atoms with Crippen molar-refractivity contribution in [3.8, 4) is 11.8 Å². The van der Waals surface area contributed by atoms with Crippen molar-refractivity contribution in [2.75, 3.05) is 6.54 Å². The molecule has 0 aliphatic rings. The summed E-state index contributed by atoms with van der Waals surface area (Å²) in [6.45, 7) is 0.460. The van der Waals surface area contributed by atoms with Gasteiger partial charge >= 0.3 is 0 Å². The predicted octanol–water partition coefficient (Wildman–Crippen LogP) is 1.54. The Morgan fingerprint density at radius 3 is 2.75 bits per heavy atom. The van der Waals surface area contributed by atoms with Gasteiger partial charge in [0, 0.05) is 12.1 Å². The van der Waals surface area contributed by atoms with Gasteiger partial charge in [0.25, 0.3) is 0 Å². The molecule has 0 unspecified atom stereocenters. The van der Waals surface area contributed by atoms with Crippen LogP contribution < -0.4 is 10.5 Å². The van der Waals surface area contributed by atoms with Crippen molar-refractivity contribution in [2.45, 2.75) is 11.4 Å². The number of hydrogen-bond acceptors (Lipinski definition) is 4. The van der Waals surface area contributed by atoms with Crippen molar-refractivity contribution in [1.82, 2.24) is 4.72 Å². The van der Waals surface area contributed by atoms with Crippen LogP contribution in [0.15, 0.2) is 46.0 Å². The fraction of sp³-hybridized carbons (Fsp3) is 0.143. The van der Waals surface area contributed by atoms with Crippen molar-refractivity contribution in [3.63, 3.8) is 0 Å². The van der Waals surface area contributed by atoms with Gasteiger partial charge in [0.05, 0.1) is 11.4 Å². The van der Waals surface area contributed by atoms with Crippen LogP contribution in [0.3, 0.4) is 0 Å². The summed E-state index contributed by atoms with van der Waals surface area (Å²) in [6, 6.07) is 8.51. The highest BCUT2D eigenvalue weighted by molar-refractivity contribution is 7.89. The Bertz CT molecular complexity index is 726. The van der Waals surface area contributed by atoms with Crippen LogP contribution in [0.4, 0.5) is 0 Å². The summed E-state index contributed by atoms with van der Waals surface area (Å²) in [5.74, 6) is 5.45. The Kier molecular flexibility index (Phi) is 4.93. The van der Waals surface area contributed by atoms with Gasteiger partial charge in [-0.1, -0.05) is 24.0 Å². The van der Waals surface area contributed by atoms with Gasteiger partial charge < -0.3 is 5.73 Å². The van der Waals surface area contributed by atoms with Gasteiger partial charge in [-0.2, -0.15) is 11.3 Å². The van der Waals surface area contributed by atoms with E-state index >= 15 is 0 Å². The zero-order valence-corrected chi connectivity index (χ0v) is 12.3. The number of nitrogens with one attached hydrogen (secondary N) is 1. The van der Waals surface area contributed by atoms with Crippen molar-refractivity contribution < 1.29 is 8.42 Å². The van der Waals surface area contributed by atoms with Gasteiger partial charge in [0.15, 0.2) is 0 Å². The minimum Gasteiger partial charge on any atom is -0.320 e. The summed E-state index contributed by atoms with van der Waals surface area (Å²) in [5, 5.41) is 3.81. The summed E-state index contributed by atoms with van der Waals surface area (Å²) < 4.78 is 27.2. The first kappa shape index (κ1) is 14.8. The van der Waals surface area contributed by atoms with Crippen LogP contribution in [0, 0.1) is 11.8 Å². The quantitative estimate of drug-likeness (QED) is 0.842. The minimum atomic E-state index is -3.59.